The molecule has 2 aromatic rings. The predicted octanol–water partition coefficient (Wildman–Crippen LogP) is 2.11. The Morgan fingerprint density at radius 2 is 2.00 bits per heavy atom. The fourth-order valence-electron chi connectivity index (χ4n) is 1.65. The lowest BCUT2D eigenvalue weighted by atomic mass is 10.2. The summed E-state index contributed by atoms with van der Waals surface area (Å²) < 4.78 is 0. The number of anilines is 3. The molecular formula is C13H13N5. The summed E-state index contributed by atoms with van der Waals surface area (Å²) in [6, 6.07) is 13.6. The first-order valence-corrected chi connectivity index (χ1v) is 5.58. The van der Waals surface area contributed by atoms with Gasteiger partial charge < -0.3 is 10.6 Å². The largest absolute Gasteiger partial charge is 0.384 e. The van der Waals surface area contributed by atoms with Crippen molar-refractivity contribution in [3.63, 3.8) is 0 Å². The molecule has 0 saturated heterocycles. The first kappa shape index (κ1) is 11.9. The Bertz CT molecular complexity index is 547. The number of nitrogen functional groups attached to an aromatic ring is 1. The third kappa shape index (κ3) is 2.74. The molecule has 0 amide bonds. The molecule has 0 aliphatic rings. The van der Waals surface area contributed by atoms with E-state index in [-0.39, 0.29) is 0 Å². The smallest absolute Gasteiger partial charge is 0.138 e. The topological polar surface area (TPSA) is 78.8 Å². The van der Waals surface area contributed by atoms with Gasteiger partial charge in [-0.2, -0.15) is 5.26 Å². The number of benzene rings is 1. The fourth-order valence-corrected chi connectivity index (χ4v) is 1.65. The second kappa shape index (κ2) is 5.64. The first-order chi connectivity index (χ1) is 8.81. The number of rotatable bonds is 4. The summed E-state index contributed by atoms with van der Waals surface area (Å²) in [7, 11) is 0. The standard InChI is InChI=1S/C13H13N5/c14-7-4-8-18(11-5-2-1-3-6-11)13-9-12(15)16-10-17-13/h1-3,5-6,9-10H,4,8H2,(H2,15,16,17). The molecular weight excluding hydrogens is 226 g/mol. The lowest BCUT2D eigenvalue weighted by Crippen LogP contribution is -2.19. The molecule has 90 valence electrons. The summed E-state index contributed by atoms with van der Waals surface area (Å²) in [5.74, 6) is 1.11. The molecule has 2 rings (SSSR count). The zero-order chi connectivity index (χ0) is 12.8. The SMILES string of the molecule is N#CCCN(c1ccccc1)c1cc(N)ncn1. The molecule has 0 radical (unpaired) electrons. The molecule has 1 heterocycles. The summed E-state index contributed by atoms with van der Waals surface area (Å²) in [6.45, 7) is 0.566. The van der Waals surface area contributed by atoms with Crippen LogP contribution in [0.1, 0.15) is 6.42 Å². The van der Waals surface area contributed by atoms with Crippen molar-refractivity contribution in [1.82, 2.24) is 9.97 Å². The van der Waals surface area contributed by atoms with Crippen LogP contribution in [0.4, 0.5) is 17.3 Å². The Morgan fingerprint density at radius 1 is 1.22 bits per heavy atom. The van der Waals surface area contributed by atoms with Crippen molar-refractivity contribution in [2.45, 2.75) is 6.42 Å². The third-order valence-corrected chi connectivity index (χ3v) is 2.47. The highest BCUT2D eigenvalue weighted by Gasteiger charge is 2.10. The van der Waals surface area contributed by atoms with E-state index in [9.17, 15) is 0 Å². The fraction of sp³-hybridized carbons (Fsp3) is 0.154. The minimum atomic E-state index is 0.415. The highest BCUT2D eigenvalue weighted by Crippen LogP contribution is 2.23. The number of hydrogen-bond donors (Lipinski definition) is 1. The molecule has 0 unspecified atom stereocenters. The van der Waals surface area contributed by atoms with Gasteiger partial charge in [-0.3, -0.25) is 0 Å². The third-order valence-electron chi connectivity index (χ3n) is 2.47. The van der Waals surface area contributed by atoms with Gasteiger partial charge in [-0.15, -0.1) is 0 Å². The number of para-hydroxylation sites is 1. The van der Waals surface area contributed by atoms with Gasteiger partial charge in [-0.25, -0.2) is 9.97 Å². The van der Waals surface area contributed by atoms with Crippen LogP contribution < -0.4 is 10.6 Å². The van der Waals surface area contributed by atoms with Crippen molar-refractivity contribution in [3.05, 3.63) is 42.7 Å². The second-order valence-corrected chi connectivity index (χ2v) is 3.70. The average molecular weight is 239 g/mol. The minimum absolute atomic E-state index is 0.415. The summed E-state index contributed by atoms with van der Waals surface area (Å²) in [5.41, 5.74) is 6.64. The number of hydrogen-bond acceptors (Lipinski definition) is 5. The maximum Gasteiger partial charge on any atom is 0.138 e. The van der Waals surface area contributed by atoms with Crippen LogP contribution in [0.15, 0.2) is 42.7 Å². The van der Waals surface area contributed by atoms with Crippen LogP contribution in [0.25, 0.3) is 0 Å². The zero-order valence-corrected chi connectivity index (χ0v) is 9.82. The van der Waals surface area contributed by atoms with E-state index in [4.69, 9.17) is 11.0 Å². The Morgan fingerprint density at radius 3 is 2.67 bits per heavy atom. The molecule has 1 aromatic carbocycles. The number of nitriles is 1. The maximum atomic E-state index is 8.73. The number of aromatic nitrogens is 2. The average Bonchev–Trinajstić information content (AvgIpc) is 2.40. The van der Waals surface area contributed by atoms with Crippen LogP contribution in [0.3, 0.4) is 0 Å². The van der Waals surface area contributed by atoms with E-state index < -0.39 is 0 Å². The van der Waals surface area contributed by atoms with E-state index in [1.54, 1.807) is 6.07 Å². The van der Waals surface area contributed by atoms with Crippen LogP contribution >= 0.6 is 0 Å². The van der Waals surface area contributed by atoms with Gasteiger partial charge in [0.15, 0.2) is 0 Å². The van der Waals surface area contributed by atoms with Crippen molar-refractivity contribution < 1.29 is 0 Å². The van der Waals surface area contributed by atoms with Gasteiger partial charge in [0, 0.05) is 18.3 Å². The Labute approximate surface area is 106 Å². The highest BCUT2D eigenvalue weighted by molar-refractivity contribution is 5.61. The van der Waals surface area contributed by atoms with Crippen LogP contribution in [0.2, 0.25) is 0 Å². The molecule has 0 aliphatic carbocycles. The summed E-state index contributed by atoms with van der Waals surface area (Å²) in [4.78, 5) is 10.0. The summed E-state index contributed by atoms with van der Waals surface area (Å²) >= 11 is 0. The Kier molecular flexibility index (Phi) is 3.72. The molecule has 0 spiro atoms. The molecule has 5 nitrogen and oxygen atoms in total. The molecule has 18 heavy (non-hydrogen) atoms. The monoisotopic (exact) mass is 239 g/mol. The van der Waals surface area contributed by atoms with Crippen molar-refractivity contribution >= 4 is 17.3 Å². The number of nitrogens with two attached hydrogens (primary N) is 1. The van der Waals surface area contributed by atoms with E-state index in [1.807, 2.05) is 35.2 Å². The van der Waals surface area contributed by atoms with Crippen molar-refractivity contribution in [2.75, 3.05) is 17.2 Å². The van der Waals surface area contributed by atoms with Crippen LogP contribution in [-0.4, -0.2) is 16.5 Å². The van der Waals surface area contributed by atoms with Gasteiger partial charge in [0.1, 0.15) is 18.0 Å². The highest BCUT2D eigenvalue weighted by atomic mass is 15.2. The molecule has 2 N–H and O–H groups in total. The summed E-state index contributed by atoms with van der Waals surface area (Å²) in [6.07, 6.45) is 1.84. The van der Waals surface area contributed by atoms with E-state index in [2.05, 4.69) is 16.0 Å². The Balaban J connectivity index is 2.34. The molecule has 0 bridgehead atoms. The zero-order valence-electron chi connectivity index (χ0n) is 9.82. The van der Waals surface area contributed by atoms with Gasteiger partial charge in [0.05, 0.1) is 12.5 Å². The lowest BCUT2D eigenvalue weighted by molar-refractivity contribution is 0.921. The van der Waals surface area contributed by atoms with E-state index in [0.29, 0.717) is 24.6 Å². The van der Waals surface area contributed by atoms with E-state index in [0.717, 1.165) is 5.69 Å². The number of nitrogens with zero attached hydrogens (tertiary/aromatic N) is 4. The minimum Gasteiger partial charge on any atom is -0.384 e. The first-order valence-electron chi connectivity index (χ1n) is 5.58. The predicted molar refractivity (Wildman–Crippen MR) is 70.1 cm³/mol. The van der Waals surface area contributed by atoms with Gasteiger partial charge in [0.2, 0.25) is 0 Å². The van der Waals surface area contributed by atoms with Crippen molar-refractivity contribution in [2.24, 2.45) is 0 Å². The van der Waals surface area contributed by atoms with Crippen LogP contribution in [0, 0.1) is 11.3 Å². The Hall–Kier alpha value is -2.61. The lowest BCUT2D eigenvalue weighted by Gasteiger charge is -2.22. The molecule has 5 heteroatoms. The quantitative estimate of drug-likeness (QED) is 0.883. The second-order valence-electron chi connectivity index (χ2n) is 3.70. The molecule has 0 saturated carbocycles. The normalized spacial score (nSPS) is 9.72. The molecule has 0 fully saturated rings. The van der Waals surface area contributed by atoms with Gasteiger partial charge in [-0.05, 0) is 12.1 Å². The molecule has 0 aliphatic heterocycles. The molecule has 1 aromatic heterocycles. The van der Waals surface area contributed by atoms with Gasteiger partial charge in [-0.1, -0.05) is 18.2 Å². The van der Waals surface area contributed by atoms with Crippen molar-refractivity contribution in [3.8, 4) is 6.07 Å². The van der Waals surface area contributed by atoms with Crippen molar-refractivity contribution in [1.29, 1.82) is 5.26 Å². The van der Waals surface area contributed by atoms with Gasteiger partial charge >= 0.3 is 0 Å². The maximum absolute atomic E-state index is 8.73. The summed E-state index contributed by atoms with van der Waals surface area (Å²) in [5, 5.41) is 8.73. The molecule has 0 atom stereocenters. The van der Waals surface area contributed by atoms with Gasteiger partial charge in [0.25, 0.3) is 0 Å². The van der Waals surface area contributed by atoms with Crippen LogP contribution in [0.5, 0.6) is 0 Å². The van der Waals surface area contributed by atoms with Crippen LogP contribution in [-0.2, 0) is 0 Å². The van der Waals surface area contributed by atoms with E-state index >= 15 is 0 Å². The van der Waals surface area contributed by atoms with E-state index in [1.165, 1.54) is 6.33 Å².